The molecule has 0 fully saturated rings. The Morgan fingerprint density at radius 3 is 2.54 bits per heavy atom. The number of carbonyl (C=O) groups is 2. The molecule has 6 heteroatoms. The highest BCUT2D eigenvalue weighted by atomic mass is 35.5. The van der Waals surface area contributed by atoms with E-state index in [2.05, 4.69) is 5.32 Å². The van der Waals surface area contributed by atoms with Crippen LogP contribution in [-0.2, 0) is 14.3 Å². The topological polar surface area (TPSA) is 64.6 Å². The van der Waals surface area contributed by atoms with Crippen molar-refractivity contribution in [3.05, 3.63) is 41.4 Å². The summed E-state index contributed by atoms with van der Waals surface area (Å²) in [4.78, 5) is 23.3. The maximum absolute atomic E-state index is 11.7. The smallest absolute Gasteiger partial charge is 0.344 e. The summed E-state index contributed by atoms with van der Waals surface area (Å²) in [7, 11) is 0. The molecule has 0 radical (unpaired) electrons. The van der Waals surface area contributed by atoms with Gasteiger partial charge in [0.25, 0.3) is 5.91 Å². The highest BCUT2D eigenvalue weighted by Gasteiger charge is 2.11. The minimum Gasteiger partial charge on any atom is -0.481 e. The lowest BCUT2D eigenvalue weighted by Crippen LogP contribution is -2.35. The minimum absolute atomic E-state index is 0.0490. The molecule has 2 aromatic rings. The van der Waals surface area contributed by atoms with Gasteiger partial charge >= 0.3 is 5.97 Å². The van der Waals surface area contributed by atoms with Crippen molar-refractivity contribution in [2.45, 2.75) is 26.3 Å². The minimum atomic E-state index is -0.603. The van der Waals surface area contributed by atoms with E-state index in [9.17, 15) is 9.59 Å². The van der Waals surface area contributed by atoms with Crippen molar-refractivity contribution in [1.82, 2.24) is 5.32 Å². The van der Waals surface area contributed by atoms with Crippen LogP contribution in [0.25, 0.3) is 10.8 Å². The van der Waals surface area contributed by atoms with Crippen LogP contribution in [0.1, 0.15) is 20.3 Å². The first-order valence-electron chi connectivity index (χ1n) is 7.76. The number of nitrogens with one attached hydrogen (secondary N) is 1. The van der Waals surface area contributed by atoms with E-state index in [-0.39, 0.29) is 25.2 Å². The van der Waals surface area contributed by atoms with Crippen LogP contribution in [0.3, 0.4) is 0 Å². The standard InChI is InChI=1S/C18H20ClNO4/c1-3-12(2)20-17(21)10-24-18(22)11-23-16-9-8-15(19)13-6-4-5-7-14(13)16/h4-9,12H,3,10-11H2,1-2H3,(H,20,21)/t12-/m0/s1. The normalized spacial score (nSPS) is 11.8. The number of halogens is 1. The Morgan fingerprint density at radius 1 is 1.12 bits per heavy atom. The molecule has 0 bridgehead atoms. The fraction of sp³-hybridized carbons (Fsp3) is 0.333. The Labute approximate surface area is 145 Å². The maximum Gasteiger partial charge on any atom is 0.344 e. The van der Waals surface area contributed by atoms with Crippen molar-refractivity contribution in [3.63, 3.8) is 0 Å². The number of fused-ring (bicyclic) bond motifs is 1. The molecule has 2 aromatic carbocycles. The summed E-state index contributed by atoms with van der Waals surface area (Å²) in [6, 6.07) is 10.9. The van der Waals surface area contributed by atoms with Gasteiger partial charge in [0.2, 0.25) is 0 Å². The maximum atomic E-state index is 11.7. The predicted molar refractivity (Wildman–Crippen MR) is 93.3 cm³/mol. The average molecular weight is 350 g/mol. The van der Waals surface area contributed by atoms with Crippen LogP contribution in [0.15, 0.2) is 36.4 Å². The zero-order chi connectivity index (χ0) is 17.5. The van der Waals surface area contributed by atoms with Gasteiger partial charge in [-0.1, -0.05) is 42.8 Å². The van der Waals surface area contributed by atoms with Gasteiger partial charge in [0.1, 0.15) is 5.75 Å². The Morgan fingerprint density at radius 2 is 1.83 bits per heavy atom. The molecule has 0 aliphatic heterocycles. The first-order chi connectivity index (χ1) is 11.5. The SMILES string of the molecule is CC[C@H](C)NC(=O)COC(=O)COc1ccc(Cl)c2ccccc12. The molecule has 0 aliphatic carbocycles. The van der Waals surface area contributed by atoms with Crippen LogP contribution in [0.5, 0.6) is 5.75 Å². The Balaban J connectivity index is 1.89. The van der Waals surface area contributed by atoms with Crippen molar-refractivity contribution in [3.8, 4) is 5.75 Å². The second-order valence-corrected chi connectivity index (χ2v) is 5.82. The van der Waals surface area contributed by atoms with E-state index in [0.717, 1.165) is 17.2 Å². The van der Waals surface area contributed by atoms with Gasteiger partial charge in [-0.3, -0.25) is 4.79 Å². The van der Waals surface area contributed by atoms with Crippen molar-refractivity contribution >= 4 is 34.2 Å². The van der Waals surface area contributed by atoms with Gasteiger partial charge in [-0.05, 0) is 25.5 Å². The molecule has 0 aromatic heterocycles. The lowest BCUT2D eigenvalue weighted by Gasteiger charge is -2.12. The summed E-state index contributed by atoms with van der Waals surface area (Å²) in [5, 5.41) is 4.99. The lowest BCUT2D eigenvalue weighted by atomic mass is 10.1. The molecular weight excluding hydrogens is 330 g/mol. The first-order valence-corrected chi connectivity index (χ1v) is 8.14. The van der Waals surface area contributed by atoms with Crippen molar-refractivity contribution in [1.29, 1.82) is 0 Å². The highest BCUT2D eigenvalue weighted by molar-refractivity contribution is 6.35. The van der Waals surface area contributed by atoms with Crippen LogP contribution in [0.2, 0.25) is 5.02 Å². The number of hydrogen-bond donors (Lipinski definition) is 1. The van der Waals surface area contributed by atoms with Gasteiger partial charge in [0.05, 0.1) is 0 Å². The summed E-state index contributed by atoms with van der Waals surface area (Å²) in [5.74, 6) is -0.390. The summed E-state index contributed by atoms with van der Waals surface area (Å²) < 4.78 is 10.4. The third-order valence-electron chi connectivity index (χ3n) is 3.56. The molecule has 128 valence electrons. The molecular formula is C18H20ClNO4. The van der Waals surface area contributed by atoms with E-state index < -0.39 is 5.97 Å². The van der Waals surface area contributed by atoms with E-state index in [1.54, 1.807) is 12.1 Å². The summed E-state index contributed by atoms with van der Waals surface area (Å²) in [5.41, 5.74) is 0. The largest absolute Gasteiger partial charge is 0.481 e. The summed E-state index contributed by atoms with van der Waals surface area (Å²) in [6.45, 7) is 3.26. The van der Waals surface area contributed by atoms with Crippen LogP contribution >= 0.6 is 11.6 Å². The van der Waals surface area contributed by atoms with Crippen LogP contribution in [-0.4, -0.2) is 31.1 Å². The van der Waals surface area contributed by atoms with Gasteiger partial charge in [0, 0.05) is 21.8 Å². The molecule has 2 rings (SSSR count). The number of benzene rings is 2. The molecule has 0 heterocycles. The monoisotopic (exact) mass is 349 g/mol. The number of amides is 1. The summed E-state index contributed by atoms with van der Waals surface area (Å²) >= 11 is 6.14. The molecule has 1 N–H and O–H groups in total. The van der Waals surface area contributed by atoms with Crippen LogP contribution in [0, 0.1) is 0 Å². The third-order valence-corrected chi connectivity index (χ3v) is 3.89. The Hall–Kier alpha value is -2.27. The van der Waals surface area contributed by atoms with Crippen molar-refractivity contribution in [2.75, 3.05) is 13.2 Å². The Kier molecular flexibility index (Phi) is 6.44. The zero-order valence-electron chi connectivity index (χ0n) is 13.7. The fourth-order valence-electron chi connectivity index (χ4n) is 2.10. The van der Waals surface area contributed by atoms with Crippen LogP contribution < -0.4 is 10.1 Å². The van der Waals surface area contributed by atoms with Gasteiger partial charge in [-0.2, -0.15) is 0 Å². The number of esters is 1. The average Bonchev–Trinajstić information content (AvgIpc) is 2.59. The van der Waals surface area contributed by atoms with Gasteiger partial charge in [0.15, 0.2) is 13.2 Å². The molecule has 0 saturated carbocycles. The molecule has 1 atom stereocenters. The summed E-state index contributed by atoms with van der Waals surface area (Å²) in [6.07, 6.45) is 0.812. The van der Waals surface area contributed by atoms with E-state index in [4.69, 9.17) is 21.1 Å². The number of carbonyl (C=O) groups excluding carboxylic acids is 2. The third kappa shape index (κ3) is 4.86. The van der Waals surface area contributed by atoms with Gasteiger partial charge in [-0.15, -0.1) is 0 Å². The number of rotatable bonds is 7. The zero-order valence-corrected chi connectivity index (χ0v) is 14.4. The van der Waals surface area contributed by atoms with E-state index in [1.165, 1.54) is 0 Å². The molecule has 0 unspecified atom stereocenters. The van der Waals surface area contributed by atoms with Gasteiger partial charge < -0.3 is 14.8 Å². The fourth-order valence-corrected chi connectivity index (χ4v) is 2.33. The van der Waals surface area contributed by atoms with Gasteiger partial charge in [-0.25, -0.2) is 4.79 Å². The predicted octanol–water partition coefficient (Wildman–Crippen LogP) is 3.33. The lowest BCUT2D eigenvalue weighted by molar-refractivity contribution is -0.150. The van der Waals surface area contributed by atoms with E-state index in [0.29, 0.717) is 10.8 Å². The number of hydrogen-bond acceptors (Lipinski definition) is 4. The molecule has 5 nitrogen and oxygen atoms in total. The molecule has 0 saturated heterocycles. The van der Waals surface area contributed by atoms with Crippen LogP contribution in [0.4, 0.5) is 0 Å². The van der Waals surface area contributed by atoms with E-state index in [1.807, 2.05) is 38.1 Å². The molecule has 0 aliphatic rings. The quantitative estimate of drug-likeness (QED) is 0.779. The van der Waals surface area contributed by atoms with Crippen molar-refractivity contribution < 1.29 is 19.1 Å². The highest BCUT2D eigenvalue weighted by Crippen LogP contribution is 2.31. The molecule has 0 spiro atoms. The molecule has 24 heavy (non-hydrogen) atoms. The first kappa shape index (κ1) is 18.1. The second-order valence-electron chi connectivity index (χ2n) is 5.42. The van der Waals surface area contributed by atoms with E-state index >= 15 is 0 Å². The second kappa shape index (κ2) is 8.55. The Bertz CT molecular complexity index is 732. The number of ether oxygens (including phenoxy) is 2. The molecule has 1 amide bonds. The van der Waals surface area contributed by atoms with Crippen molar-refractivity contribution in [2.24, 2.45) is 0 Å².